The number of furan rings is 1. The van der Waals surface area contributed by atoms with Crippen LogP contribution in [0.2, 0.25) is 0 Å². The second-order valence-electron chi connectivity index (χ2n) is 6.69. The Labute approximate surface area is 140 Å². The Hall–Kier alpha value is -2.62. The van der Waals surface area contributed by atoms with Gasteiger partial charge in [-0.2, -0.15) is 0 Å². The maximum Gasteiger partial charge on any atom is 0.287 e. The Morgan fingerprint density at radius 2 is 1.79 bits per heavy atom. The van der Waals surface area contributed by atoms with Gasteiger partial charge in [0.15, 0.2) is 5.76 Å². The second kappa shape index (κ2) is 6.11. The molecule has 1 amide bonds. The predicted molar refractivity (Wildman–Crippen MR) is 92.6 cm³/mol. The lowest BCUT2D eigenvalue weighted by atomic mass is 9.94. The molecular weight excluding hydrogens is 305 g/mol. The molecule has 2 aromatic carbocycles. The minimum Gasteiger partial charge on any atom is -0.451 e. The number of aryl methyl sites for hydroxylation is 1. The highest BCUT2D eigenvalue weighted by atomic mass is 19.1. The molecule has 3 rings (SSSR count). The van der Waals surface area contributed by atoms with Crippen LogP contribution < -0.4 is 5.32 Å². The smallest absolute Gasteiger partial charge is 0.287 e. The summed E-state index contributed by atoms with van der Waals surface area (Å²) in [5.74, 6) is -0.169. The van der Waals surface area contributed by atoms with Crippen LogP contribution in [0.3, 0.4) is 0 Å². The predicted octanol–water partition coefficient (Wildman–Crippen LogP) is 4.63. The summed E-state index contributed by atoms with van der Waals surface area (Å²) < 4.78 is 18.7. The summed E-state index contributed by atoms with van der Waals surface area (Å²) >= 11 is 0. The normalized spacial score (nSPS) is 11.7. The summed E-state index contributed by atoms with van der Waals surface area (Å²) in [5, 5.41) is 3.95. The molecule has 3 nitrogen and oxygen atoms in total. The standard InChI is InChI=1S/C20H20FNO2/c1-13-16-6-4-5-7-17(16)24-18(13)19(23)22-20(2,3)12-14-8-10-15(21)11-9-14/h4-11H,12H2,1-3H3,(H,22,23). The number of hydrogen-bond acceptors (Lipinski definition) is 2. The first-order valence-corrected chi connectivity index (χ1v) is 7.91. The van der Waals surface area contributed by atoms with Crippen molar-refractivity contribution in [2.45, 2.75) is 32.7 Å². The topological polar surface area (TPSA) is 42.2 Å². The summed E-state index contributed by atoms with van der Waals surface area (Å²) in [6, 6.07) is 13.9. The molecular formula is C20H20FNO2. The largest absolute Gasteiger partial charge is 0.451 e. The molecule has 0 aliphatic carbocycles. The number of fused-ring (bicyclic) bond motifs is 1. The van der Waals surface area contributed by atoms with Crippen molar-refractivity contribution in [3.63, 3.8) is 0 Å². The van der Waals surface area contributed by atoms with E-state index >= 15 is 0 Å². The van der Waals surface area contributed by atoms with Crippen molar-refractivity contribution < 1.29 is 13.6 Å². The average Bonchev–Trinajstić information content (AvgIpc) is 2.87. The maximum absolute atomic E-state index is 13.0. The lowest BCUT2D eigenvalue weighted by Crippen LogP contribution is -2.45. The molecule has 124 valence electrons. The van der Waals surface area contributed by atoms with E-state index in [2.05, 4.69) is 5.32 Å². The molecule has 0 bridgehead atoms. The van der Waals surface area contributed by atoms with Crippen LogP contribution in [-0.4, -0.2) is 11.4 Å². The Kier molecular flexibility index (Phi) is 4.14. The minimum atomic E-state index is -0.486. The summed E-state index contributed by atoms with van der Waals surface area (Å²) in [5.41, 5.74) is 2.01. The lowest BCUT2D eigenvalue weighted by molar-refractivity contribution is 0.0886. The van der Waals surface area contributed by atoms with E-state index in [1.807, 2.05) is 45.0 Å². The second-order valence-corrected chi connectivity index (χ2v) is 6.69. The molecule has 0 unspecified atom stereocenters. The first-order chi connectivity index (χ1) is 11.4. The summed E-state index contributed by atoms with van der Waals surface area (Å²) in [6.07, 6.45) is 0.596. The van der Waals surface area contributed by atoms with Crippen LogP contribution >= 0.6 is 0 Å². The van der Waals surface area contributed by atoms with Crippen LogP contribution in [0.1, 0.15) is 35.5 Å². The first kappa shape index (κ1) is 16.2. The van der Waals surface area contributed by atoms with E-state index in [1.54, 1.807) is 12.1 Å². The Balaban J connectivity index is 1.79. The molecule has 1 heterocycles. The molecule has 1 aromatic heterocycles. The van der Waals surface area contributed by atoms with Gasteiger partial charge in [0.25, 0.3) is 5.91 Å². The van der Waals surface area contributed by atoms with Gasteiger partial charge >= 0.3 is 0 Å². The number of nitrogens with one attached hydrogen (secondary N) is 1. The van der Waals surface area contributed by atoms with E-state index < -0.39 is 5.54 Å². The number of rotatable bonds is 4. The monoisotopic (exact) mass is 325 g/mol. The van der Waals surface area contributed by atoms with E-state index in [0.717, 1.165) is 16.5 Å². The number of carbonyl (C=O) groups excluding carboxylic acids is 1. The third-order valence-corrected chi connectivity index (χ3v) is 4.06. The van der Waals surface area contributed by atoms with E-state index in [-0.39, 0.29) is 11.7 Å². The van der Waals surface area contributed by atoms with E-state index in [9.17, 15) is 9.18 Å². The van der Waals surface area contributed by atoms with Gasteiger partial charge in [-0.15, -0.1) is 0 Å². The number of benzene rings is 2. The molecule has 4 heteroatoms. The van der Waals surface area contributed by atoms with Gasteiger partial charge in [0.1, 0.15) is 11.4 Å². The summed E-state index contributed by atoms with van der Waals surface area (Å²) in [4.78, 5) is 12.6. The molecule has 0 aliphatic heterocycles. The molecule has 1 N–H and O–H groups in total. The highest BCUT2D eigenvalue weighted by molar-refractivity contribution is 5.99. The van der Waals surface area contributed by atoms with Crippen LogP contribution in [0.5, 0.6) is 0 Å². The zero-order valence-corrected chi connectivity index (χ0v) is 14.0. The number of para-hydroxylation sites is 1. The van der Waals surface area contributed by atoms with Gasteiger partial charge in [0.05, 0.1) is 0 Å². The highest BCUT2D eigenvalue weighted by Gasteiger charge is 2.25. The van der Waals surface area contributed by atoms with Crippen molar-refractivity contribution >= 4 is 16.9 Å². The number of hydrogen-bond donors (Lipinski definition) is 1. The third-order valence-electron chi connectivity index (χ3n) is 4.06. The van der Waals surface area contributed by atoms with E-state index in [4.69, 9.17) is 4.42 Å². The average molecular weight is 325 g/mol. The Bertz CT molecular complexity index is 878. The van der Waals surface area contributed by atoms with Gasteiger partial charge in [-0.3, -0.25) is 4.79 Å². The van der Waals surface area contributed by atoms with E-state index in [1.165, 1.54) is 12.1 Å². The van der Waals surface area contributed by atoms with Crippen LogP contribution in [-0.2, 0) is 6.42 Å². The molecule has 0 fully saturated rings. The van der Waals surface area contributed by atoms with Gasteiger partial charge in [-0.05, 0) is 51.0 Å². The zero-order chi connectivity index (χ0) is 17.3. The van der Waals surface area contributed by atoms with Gasteiger partial charge in [-0.1, -0.05) is 30.3 Å². The van der Waals surface area contributed by atoms with Crippen LogP contribution in [0.4, 0.5) is 4.39 Å². The van der Waals surface area contributed by atoms with Gasteiger partial charge in [0.2, 0.25) is 0 Å². The maximum atomic E-state index is 13.0. The lowest BCUT2D eigenvalue weighted by Gasteiger charge is -2.26. The van der Waals surface area contributed by atoms with Crippen molar-refractivity contribution in [1.82, 2.24) is 5.32 Å². The minimum absolute atomic E-state index is 0.240. The molecule has 0 radical (unpaired) electrons. The molecule has 0 aliphatic rings. The Morgan fingerprint density at radius 3 is 2.46 bits per heavy atom. The first-order valence-electron chi connectivity index (χ1n) is 7.91. The fourth-order valence-corrected chi connectivity index (χ4v) is 2.91. The molecule has 3 aromatic rings. The third kappa shape index (κ3) is 3.32. The van der Waals surface area contributed by atoms with Gasteiger partial charge in [0, 0.05) is 16.5 Å². The zero-order valence-electron chi connectivity index (χ0n) is 14.0. The van der Waals surface area contributed by atoms with Crippen molar-refractivity contribution in [2.75, 3.05) is 0 Å². The molecule has 24 heavy (non-hydrogen) atoms. The van der Waals surface area contributed by atoms with Crippen LogP contribution in [0, 0.1) is 12.7 Å². The number of halogens is 1. The molecule has 0 saturated carbocycles. The summed E-state index contributed by atoms with van der Waals surface area (Å²) in [7, 11) is 0. The van der Waals surface area contributed by atoms with Crippen molar-refractivity contribution in [3.05, 3.63) is 71.2 Å². The quantitative estimate of drug-likeness (QED) is 0.760. The molecule has 0 atom stereocenters. The van der Waals surface area contributed by atoms with Crippen LogP contribution in [0.25, 0.3) is 11.0 Å². The Morgan fingerprint density at radius 1 is 1.12 bits per heavy atom. The van der Waals surface area contributed by atoms with Gasteiger partial charge in [-0.25, -0.2) is 4.39 Å². The van der Waals surface area contributed by atoms with Crippen molar-refractivity contribution in [1.29, 1.82) is 0 Å². The summed E-state index contributed by atoms with van der Waals surface area (Å²) in [6.45, 7) is 5.76. The van der Waals surface area contributed by atoms with Crippen LogP contribution in [0.15, 0.2) is 52.9 Å². The number of amides is 1. The number of carbonyl (C=O) groups is 1. The fourth-order valence-electron chi connectivity index (χ4n) is 2.91. The highest BCUT2D eigenvalue weighted by Crippen LogP contribution is 2.25. The SMILES string of the molecule is Cc1c(C(=O)NC(C)(C)Cc2ccc(F)cc2)oc2ccccc12. The fraction of sp³-hybridized carbons (Fsp3) is 0.250. The molecule has 0 spiro atoms. The van der Waals surface area contributed by atoms with E-state index in [0.29, 0.717) is 17.8 Å². The van der Waals surface area contributed by atoms with Crippen molar-refractivity contribution in [3.8, 4) is 0 Å². The van der Waals surface area contributed by atoms with Crippen molar-refractivity contribution in [2.24, 2.45) is 0 Å². The van der Waals surface area contributed by atoms with Gasteiger partial charge < -0.3 is 9.73 Å². The molecule has 0 saturated heterocycles.